The Morgan fingerprint density at radius 2 is 1.59 bits per heavy atom. The maximum absolute atomic E-state index is 14.5. The van der Waals surface area contributed by atoms with E-state index in [1.54, 1.807) is 0 Å². The highest BCUT2D eigenvalue weighted by Gasteiger charge is 2.44. The summed E-state index contributed by atoms with van der Waals surface area (Å²) in [7, 11) is 0. The van der Waals surface area contributed by atoms with E-state index in [-0.39, 0.29) is 5.92 Å². The van der Waals surface area contributed by atoms with Crippen molar-refractivity contribution in [3.05, 3.63) is 112 Å². The third-order valence-electron chi connectivity index (χ3n) is 6.32. The summed E-state index contributed by atoms with van der Waals surface area (Å²) in [5, 5.41) is 5.66. The van der Waals surface area contributed by atoms with Crippen LogP contribution < -0.4 is 0 Å². The van der Waals surface area contributed by atoms with E-state index in [1.165, 1.54) is 0 Å². The minimum absolute atomic E-state index is 0.173. The fourth-order valence-corrected chi connectivity index (χ4v) is 4.75. The van der Waals surface area contributed by atoms with Crippen LogP contribution in [0.2, 0.25) is 0 Å². The van der Waals surface area contributed by atoms with E-state index in [0.717, 1.165) is 41.0 Å². The molecule has 1 saturated carbocycles. The summed E-state index contributed by atoms with van der Waals surface area (Å²) < 4.78 is 55.8. The number of carbonyl (C=O) groups excluding carboxylic acids is 1. The van der Waals surface area contributed by atoms with Gasteiger partial charge < -0.3 is 0 Å². The van der Waals surface area contributed by atoms with Gasteiger partial charge in [-0.25, -0.2) is 22.6 Å². The van der Waals surface area contributed by atoms with E-state index in [1.807, 2.05) is 66.7 Å². The van der Waals surface area contributed by atoms with Crippen LogP contribution in [0.1, 0.15) is 46.8 Å². The average molecular weight is 464 g/mol. The first-order valence-electron chi connectivity index (χ1n) is 11.0. The number of allylic oxidation sites excluding steroid dienone is 1. The lowest BCUT2D eigenvalue weighted by Gasteiger charge is -2.29. The largest absolute Gasteiger partial charge is 0.277 e. The number of amides is 1. The summed E-state index contributed by atoms with van der Waals surface area (Å²) in [5.74, 6) is -8.53. The summed E-state index contributed by atoms with van der Waals surface area (Å²) in [4.78, 5) is 13.4. The molecule has 0 spiro atoms. The van der Waals surface area contributed by atoms with Gasteiger partial charge in [0.25, 0.3) is 5.91 Å². The SMILES string of the molecule is O=C(c1cc(F)c(F)c(F)c1F)N1N=C2/C(=C\c3ccccc3)CCCC2C1c1ccccc1. The van der Waals surface area contributed by atoms with Gasteiger partial charge in [-0.15, -0.1) is 0 Å². The Labute approximate surface area is 194 Å². The van der Waals surface area contributed by atoms with Gasteiger partial charge in [0.2, 0.25) is 0 Å². The van der Waals surface area contributed by atoms with Crippen LogP contribution in [-0.2, 0) is 0 Å². The first-order valence-corrected chi connectivity index (χ1v) is 11.0. The van der Waals surface area contributed by atoms with Crippen molar-refractivity contribution in [2.45, 2.75) is 25.3 Å². The van der Waals surface area contributed by atoms with E-state index in [4.69, 9.17) is 0 Å². The Hall–Kier alpha value is -3.74. The Bertz CT molecular complexity index is 1310. The molecule has 2 aliphatic rings. The number of hydrogen-bond acceptors (Lipinski definition) is 2. The lowest BCUT2D eigenvalue weighted by atomic mass is 9.77. The monoisotopic (exact) mass is 464 g/mol. The predicted octanol–water partition coefficient (Wildman–Crippen LogP) is 6.68. The molecule has 5 rings (SSSR count). The van der Waals surface area contributed by atoms with Gasteiger partial charge in [-0.05, 0) is 48.1 Å². The molecule has 3 nitrogen and oxygen atoms in total. The van der Waals surface area contributed by atoms with Crippen molar-refractivity contribution in [2.75, 3.05) is 0 Å². The zero-order valence-electron chi connectivity index (χ0n) is 18.0. The standard InChI is InChI=1S/C27H20F4N2O/c28-21-15-20(22(29)24(31)23(21)30)27(34)33-26(17-10-5-2-6-11-17)19-13-7-12-18(25(19)32-33)14-16-8-3-1-4-9-16/h1-6,8-11,14-15,19,26H,7,12-13H2/b18-14-. The summed E-state index contributed by atoms with van der Waals surface area (Å²) in [6, 6.07) is 18.6. The zero-order valence-corrected chi connectivity index (χ0v) is 18.0. The molecule has 34 heavy (non-hydrogen) atoms. The molecule has 1 aliphatic carbocycles. The summed E-state index contributed by atoms with van der Waals surface area (Å²) in [6.07, 6.45) is 4.37. The summed E-state index contributed by atoms with van der Waals surface area (Å²) in [6.45, 7) is 0. The van der Waals surface area contributed by atoms with Crippen LogP contribution in [0.5, 0.6) is 0 Å². The highest BCUT2D eigenvalue weighted by Crippen LogP contribution is 2.45. The van der Waals surface area contributed by atoms with E-state index >= 15 is 0 Å². The van der Waals surface area contributed by atoms with Crippen LogP contribution in [0.25, 0.3) is 6.08 Å². The van der Waals surface area contributed by atoms with Gasteiger partial charge in [-0.3, -0.25) is 4.79 Å². The normalized spacial score (nSPS) is 20.9. The molecule has 0 aromatic heterocycles. The van der Waals surface area contributed by atoms with Crippen molar-refractivity contribution in [1.82, 2.24) is 5.01 Å². The number of hydrogen-bond donors (Lipinski definition) is 0. The van der Waals surface area contributed by atoms with Gasteiger partial charge in [-0.1, -0.05) is 60.7 Å². The molecule has 172 valence electrons. The van der Waals surface area contributed by atoms with E-state index in [2.05, 4.69) is 5.10 Å². The molecular weight excluding hydrogens is 444 g/mol. The van der Waals surface area contributed by atoms with E-state index in [0.29, 0.717) is 11.8 Å². The minimum atomic E-state index is -2.02. The first kappa shape index (κ1) is 22.1. The maximum Gasteiger partial charge on any atom is 0.277 e. The van der Waals surface area contributed by atoms with Gasteiger partial charge in [0.05, 0.1) is 17.3 Å². The number of rotatable bonds is 3. The van der Waals surface area contributed by atoms with Crippen LogP contribution in [0, 0.1) is 29.2 Å². The second-order valence-electron chi connectivity index (χ2n) is 8.42. The molecule has 2 unspecified atom stereocenters. The average Bonchev–Trinajstić information content (AvgIpc) is 3.26. The molecule has 0 saturated heterocycles. The molecule has 3 aromatic carbocycles. The van der Waals surface area contributed by atoms with E-state index < -0.39 is 40.8 Å². The molecule has 0 N–H and O–H groups in total. The van der Waals surface area contributed by atoms with Crippen LogP contribution in [-0.4, -0.2) is 16.6 Å². The Morgan fingerprint density at radius 1 is 0.912 bits per heavy atom. The summed E-state index contributed by atoms with van der Waals surface area (Å²) in [5.41, 5.74) is 2.50. The Kier molecular flexibility index (Phi) is 5.77. The van der Waals surface area contributed by atoms with E-state index in [9.17, 15) is 22.4 Å². The van der Waals surface area contributed by atoms with Gasteiger partial charge in [-0.2, -0.15) is 5.10 Å². The van der Waals surface area contributed by atoms with Crippen molar-refractivity contribution in [2.24, 2.45) is 11.0 Å². The molecule has 0 bridgehead atoms. The topological polar surface area (TPSA) is 32.7 Å². The number of benzene rings is 3. The number of carbonyl (C=O) groups is 1. The fraction of sp³-hybridized carbons (Fsp3) is 0.185. The molecule has 1 heterocycles. The van der Waals surface area contributed by atoms with Gasteiger partial charge in [0.15, 0.2) is 23.3 Å². The van der Waals surface area contributed by atoms with Crippen molar-refractivity contribution in [1.29, 1.82) is 0 Å². The maximum atomic E-state index is 14.5. The number of fused-ring (bicyclic) bond motifs is 1. The lowest BCUT2D eigenvalue weighted by molar-refractivity contribution is 0.0673. The van der Waals surface area contributed by atoms with Crippen LogP contribution >= 0.6 is 0 Å². The molecule has 3 aromatic rings. The Balaban J connectivity index is 1.62. The molecule has 1 amide bonds. The van der Waals surface area contributed by atoms with Gasteiger partial charge in [0, 0.05) is 5.92 Å². The van der Waals surface area contributed by atoms with Crippen molar-refractivity contribution in [3.8, 4) is 0 Å². The van der Waals surface area contributed by atoms with Crippen LogP contribution in [0.15, 0.2) is 77.4 Å². The molecule has 7 heteroatoms. The van der Waals surface area contributed by atoms with Crippen molar-refractivity contribution < 1.29 is 22.4 Å². The van der Waals surface area contributed by atoms with Gasteiger partial charge >= 0.3 is 0 Å². The molecule has 1 aliphatic heterocycles. The Morgan fingerprint density at radius 3 is 2.29 bits per heavy atom. The van der Waals surface area contributed by atoms with Crippen LogP contribution in [0.4, 0.5) is 17.6 Å². The summed E-state index contributed by atoms with van der Waals surface area (Å²) >= 11 is 0. The van der Waals surface area contributed by atoms with Crippen molar-refractivity contribution >= 4 is 17.7 Å². The zero-order chi connectivity index (χ0) is 23.8. The molecule has 2 atom stereocenters. The fourth-order valence-electron chi connectivity index (χ4n) is 4.75. The molecule has 0 radical (unpaired) electrons. The highest BCUT2D eigenvalue weighted by molar-refractivity contribution is 6.09. The minimum Gasteiger partial charge on any atom is -0.267 e. The quantitative estimate of drug-likeness (QED) is 0.242. The van der Waals surface area contributed by atoms with Crippen molar-refractivity contribution in [3.63, 3.8) is 0 Å². The second kappa shape index (κ2) is 8.89. The molecular formula is C27H20F4N2O. The third kappa shape index (κ3) is 3.81. The smallest absolute Gasteiger partial charge is 0.267 e. The third-order valence-corrected chi connectivity index (χ3v) is 6.32. The number of nitrogens with zero attached hydrogens (tertiary/aromatic N) is 2. The van der Waals surface area contributed by atoms with Gasteiger partial charge in [0.1, 0.15) is 0 Å². The lowest BCUT2D eigenvalue weighted by Crippen LogP contribution is -2.32. The predicted molar refractivity (Wildman–Crippen MR) is 121 cm³/mol. The number of halogens is 4. The highest BCUT2D eigenvalue weighted by atomic mass is 19.2. The van der Waals surface area contributed by atoms with Crippen LogP contribution in [0.3, 0.4) is 0 Å². The second-order valence-corrected chi connectivity index (χ2v) is 8.42. The number of hydrazone groups is 1. The first-order chi connectivity index (χ1) is 16.5. The molecule has 1 fully saturated rings.